The number of aromatic nitrogens is 2. The number of rotatable bonds is 8. The Morgan fingerprint density at radius 1 is 1.28 bits per heavy atom. The van der Waals surface area contributed by atoms with E-state index in [1.807, 2.05) is 13.0 Å². The number of hydrogen-bond acceptors (Lipinski definition) is 5. The normalized spacial score (nSPS) is 10.7. The molecule has 0 aromatic carbocycles. The Morgan fingerprint density at radius 2 is 2.00 bits per heavy atom. The summed E-state index contributed by atoms with van der Waals surface area (Å²) in [5, 5.41) is 3.30. The third-order valence-corrected chi connectivity index (χ3v) is 2.73. The van der Waals surface area contributed by atoms with Gasteiger partial charge in [-0.25, -0.2) is 9.97 Å². The molecule has 1 aromatic heterocycles. The minimum absolute atomic E-state index is 0.715. The molecule has 0 aliphatic carbocycles. The van der Waals surface area contributed by atoms with Gasteiger partial charge in [0.2, 0.25) is 5.95 Å². The second-order valence-electron chi connectivity index (χ2n) is 4.14. The number of aryl methyl sites for hydroxylation is 1. The fourth-order valence-electron chi connectivity index (χ4n) is 1.75. The highest BCUT2D eigenvalue weighted by Gasteiger charge is 2.07. The quantitative estimate of drug-likeness (QED) is 0.708. The molecular formula is C13H24N4O. The third kappa shape index (κ3) is 4.58. The Balaban J connectivity index is 2.68. The Labute approximate surface area is 110 Å². The maximum Gasteiger partial charge on any atom is 0.225 e. The van der Waals surface area contributed by atoms with Crippen LogP contribution in [0.1, 0.15) is 25.2 Å². The third-order valence-electron chi connectivity index (χ3n) is 2.73. The largest absolute Gasteiger partial charge is 0.383 e. The first-order valence-electron chi connectivity index (χ1n) is 6.50. The van der Waals surface area contributed by atoms with Gasteiger partial charge in [-0.15, -0.1) is 0 Å². The van der Waals surface area contributed by atoms with Crippen molar-refractivity contribution >= 4 is 5.95 Å². The fourth-order valence-corrected chi connectivity index (χ4v) is 1.75. The minimum atomic E-state index is 0.715. The van der Waals surface area contributed by atoms with Crippen LogP contribution in [0.2, 0.25) is 0 Å². The van der Waals surface area contributed by atoms with Crippen molar-refractivity contribution in [1.82, 2.24) is 15.3 Å². The van der Waals surface area contributed by atoms with Crippen LogP contribution in [0.3, 0.4) is 0 Å². The van der Waals surface area contributed by atoms with Gasteiger partial charge in [0, 0.05) is 39.0 Å². The average Bonchev–Trinajstić information content (AvgIpc) is 2.36. The van der Waals surface area contributed by atoms with E-state index in [9.17, 15) is 0 Å². The van der Waals surface area contributed by atoms with E-state index in [1.165, 1.54) is 0 Å². The fraction of sp³-hybridized carbons (Fsp3) is 0.692. The maximum absolute atomic E-state index is 5.00. The molecule has 5 heteroatoms. The van der Waals surface area contributed by atoms with Crippen LogP contribution in [-0.2, 0) is 11.3 Å². The van der Waals surface area contributed by atoms with Crippen molar-refractivity contribution in [3.05, 3.63) is 17.5 Å². The van der Waals surface area contributed by atoms with Gasteiger partial charge >= 0.3 is 0 Å². The van der Waals surface area contributed by atoms with Crippen molar-refractivity contribution in [1.29, 1.82) is 0 Å². The summed E-state index contributed by atoms with van der Waals surface area (Å²) in [5.74, 6) is 0.823. The molecule has 0 atom stereocenters. The lowest BCUT2D eigenvalue weighted by Crippen LogP contribution is -2.26. The predicted molar refractivity (Wildman–Crippen MR) is 73.9 cm³/mol. The minimum Gasteiger partial charge on any atom is -0.383 e. The Bertz CT molecular complexity index is 353. The molecule has 0 spiro atoms. The first-order chi connectivity index (χ1) is 8.71. The van der Waals surface area contributed by atoms with Gasteiger partial charge < -0.3 is 15.0 Å². The van der Waals surface area contributed by atoms with Gasteiger partial charge in [-0.05, 0) is 26.8 Å². The van der Waals surface area contributed by atoms with Crippen LogP contribution >= 0.6 is 0 Å². The summed E-state index contributed by atoms with van der Waals surface area (Å²) in [5.41, 5.74) is 2.04. The Kier molecular flexibility index (Phi) is 6.60. The molecule has 0 aliphatic heterocycles. The SMILES string of the molecule is CCN(CC)c1nc(C)cc(CNCCOC)n1. The van der Waals surface area contributed by atoms with E-state index >= 15 is 0 Å². The number of ether oxygens (including phenoxy) is 1. The van der Waals surface area contributed by atoms with Crippen molar-refractivity contribution in [2.75, 3.05) is 38.3 Å². The van der Waals surface area contributed by atoms with Crippen LogP contribution in [0.25, 0.3) is 0 Å². The maximum atomic E-state index is 5.00. The molecule has 1 heterocycles. The van der Waals surface area contributed by atoms with Crippen molar-refractivity contribution in [2.45, 2.75) is 27.3 Å². The summed E-state index contributed by atoms with van der Waals surface area (Å²) in [6, 6.07) is 2.02. The summed E-state index contributed by atoms with van der Waals surface area (Å²) >= 11 is 0. The lowest BCUT2D eigenvalue weighted by Gasteiger charge is -2.19. The van der Waals surface area contributed by atoms with Gasteiger partial charge in [-0.1, -0.05) is 0 Å². The second kappa shape index (κ2) is 8.00. The summed E-state index contributed by atoms with van der Waals surface area (Å²) in [6.07, 6.45) is 0. The number of nitrogens with zero attached hydrogens (tertiary/aromatic N) is 3. The molecule has 5 nitrogen and oxygen atoms in total. The van der Waals surface area contributed by atoms with Gasteiger partial charge in [0.15, 0.2) is 0 Å². The van der Waals surface area contributed by atoms with Crippen LogP contribution in [0.5, 0.6) is 0 Å². The van der Waals surface area contributed by atoms with Gasteiger partial charge in [0.25, 0.3) is 0 Å². The summed E-state index contributed by atoms with van der Waals surface area (Å²) < 4.78 is 5.00. The van der Waals surface area contributed by atoms with Gasteiger partial charge in [-0.3, -0.25) is 0 Å². The molecule has 0 fully saturated rings. The van der Waals surface area contributed by atoms with E-state index in [0.29, 0.717) is 6.61 Å². The molecule has 0 unspecified atom stereocenters. The van der Waals surface area contributed by atoms with Crippen LogP contribution in [0, 0.1) is 6.92 Å². The van der Waals surface area contributed by atoms with Crippen LogP contribution in [0.15, 0.2) is 6.07 Å². The molecule has 18 heavy (non-hydrogen) atoms. The van der Waals surface area contributed by atoms with Crippen LogP contribution in [-0.4, -0.2) is 43.3 Å². The van der Waals surface area contributed by atoms with E-state index in [4.69, 9.17) is 4.74 Å². The number of anilines is 1. The van der Waals surface area contributed by atoms with E-state index in [1.54, 1.807) is 7.11 Å². The van der Waals surface area contributed by atoms with E-state index in [0.717, 1.165) is 43.5 Å². The molecule has 1 N–H and O–H groups in total. The Hall–Kier alpha value is -1.20. The highest BCUT2D eigenvalue weighted by molar-refractivity contribution is 5.31. The molecule has 0 saturated carbocycles. The van der Waals surface area contributed by atoms with Crippen molar-refractivity contribution < 1.29 is 4.74 Å². The number of hydrogen-bond donors (Lipinski definition) is 1. The Morgan fingerprint density at radius 3 is 2.61 bits per heavy atom. The highest BCUT2D eigenvalue weighted by Crippen LogP contribution is 2.09. The first-order valence-corrected chi connectivity index (χ1v) is 6.50. The van der Waals surface area contributed by atoms with E-state index in [-0.39, 0.29) is 0 Å². The monoisotopic (exact) mass is 252 g/mol. The van der Waals surface area contributed by atoms with Crippen LogP contribution in [0.4, 0.5) is 5.95 Å². The second-order valence-corrected chi connectivity index (χ2v) is 4.14. The molecular weight excluding hydrogens is 228 g/mol. The molecule has 0 bridgehead atoms. The number of nitrogens with one attached hydrogen (secondary N) is 1. The van der Waals surface area contributed by atoms with E-state index in [2.05, 4.69) is 34.0 Å². The predicted octanol–water partition coefficient (Wildman–Crippen LogP) is 1.37. The average molecular weight is 252 g/mol. The molecule has 1 rings (SSSR count). The lowest BCUT2D eigenvalue weighted by atomic mass is 10.3. The molecule has 0 aliphatic rings. The molecule has 102 valence electrons. The summed E-state index contributed by atoms with van der Waals surface area (Å²) in [7, 11) is 1.70. The van der Waals surface area contributed by atoms with Gasteiger partial charge in [0.05, 0.1) is 12.3 Å². The smallest absolute Gasteiger partial charge is 0.225 e. The van der Waals surface area contributed by atoms with Crippen LogP contribution < -0.4 is 10.2 Å². The van der Waals surface area contributed by atoms with E-state index < -0.39 is 0 Å². The first kappa shape index (κ1) is 14.9. The number of methoxy groups -OCH3 is 1. The zero-order chi connectivity index (χ0) is 13.4. The highest BCUT2D eigenvalue weighted by atomic mass is 16.5. The topological polar surface area (TPSA) is 50.3 Å². The standard InChI is InChI=1S/C13H24N4O/c1-5-17(6-2)13-15-11(3)9-12(16-13)10-14-7-8-18-4/h9,14H,5-8,10H2,1-4H3. The molecule has 1 aromatic rings. The zero-order valence-electron chi connectivity index (χ0n) is 11.9. The van der Waals surface area contributed by atoms with Gasteiger partial charge in [-0.2, -0.15) is 0 Å². The molecule has 0 radical (unpaired) electrons. The lowest BCUT2D eigenvalue weighted by molar-refractivity contribution is 0.199. The van der Waals surface area contributed by atoms with Crippen molar-refractivity contribution in [3.63, 3.8) is 0 Å². The molecule has 0 saturated heterocycles. The zero-order valence-corrected chi connectivity index (χ0v) is 11.9. The van der Waals surface area contributed by atoms with Crippen molar-refractivity contribution in [3.8, 4) is 0 Å². The van der Waals surface area contributed by atoms with Crippen molar-refractivity contribution in [2.24, 2.45) is 0 Å². The summed E-state index contributed by atoms with van der Waals surface area (Å²) in [6.45, 7) is 10.4. The summed E-state index contributed by atoms with van der Waals surface area (Å²) in [4.78, 5) is 11.2. The van der Waals surface area contributed by atoms with Gasteiger partial charge in [0.1, 0.15) is 0 Å². The molecule has 0 amide bonds.